The van der Waals surface area contributed by atoms with Crippen LogP contribution in [0.2, 0.25) is 39.3 Å². The molecule has 0 amide bonds. The van der Waals surface area contributed by atoms with Crippen LogP contribution in [0, 0.1) is 0 Å². The zero-order chi connectivity index (χ0) is 22.0. The van der Waals surface area contributed by atoms with Crippen molar-refractivity contribution in [2.24, 2.45) is 0 Å². The van der Waals surface area contributed by atoms with Crippen molar-refractivity contribution in [1.82, 2.24) is 0 Å². The van der Waals surface area contributed by atoms with Crippen LogP contribution in [0.3, 0.4) is 0 Å². The molecule has 0 aromatic rings. The summed E-state index contributed by atoms with van der Waals surface area (Å²) < 4.78 is 32.4. The highest BCUT2D eigenvalue weighted by molar-refractivity contribution is 6.69. The lowest BCUT2D eigenvalue weighted by atomic mass is 10.9. The van der Waals surface area contributed by atoms with Crippen LogP contribution < -0.4 is 0 Å². The van der Waals surface area contributed by atoms with Crippen LogP contribution in [-0.4, -0.2) is 65.3 Å². The summed E-state index contributed by atoms with van der Waals surface area (Å²) in [6.45, 7) is 28.8. The smallest absolute Gasteiger partial charge is 0.418 e. The third-order valence-corrected chi connectivity index (χ3v) is 8.34. The fourth-order valence-electron chi connectivity index (χ4n) is 2.08. The van der Waals surface area contributed by atoms with Gasteiger partial charge in [0, 0.05) is 46.2 Å². The Morgan fingerprint density at radius 1 is 0.407 bits per heavy atom. The van der Waals surface area contributed by atoms with E-state index in [4.69, 9.17) is 26.6 Å². The molecule has 168 valence electrons. The lowest BCUT2D eigenvalue weighted by molar-refractivity contribution is 0.0783. The van der Waals surface area contributed by atoms with Gasteiger partial charge in [0.15, 0.2) is 8.32 Å². The van der Waals surface area contributed by atoms with Gasteiger partial charge in [-0.1, -0.05) is 0 Å². The molecule has 0 atom stereocenters. The minimum atomic E-state index is -2.25. The minimum absolute atomic E-state index is 0.655. The van der Waals surface area contributed by atoms with E-state index >= 15 is 0 Å². The molecule has 0 fully saturated rings. The number of hydrogen-bond acceptors (Lipinski definition) is 6. The van der Waals surface area contributed by atoms with Crippen LogP contribution >= 0.6 is 0 Å². The molecule has 0 rings (SSSR count). The molecule has 0 saturated heterocycles. The van der Waals surface area contributed by atoms with Gasteiger partial charge in [0.05, 0.1) is 0 Å². The zero-order valence-electron chi connectivity index (χ0n) is 20.2. The Balaban J connectivity index is -0.000000329. The number of hydrogen-bond donors (Lipinski definition) is 0. The maximum Gasteiger partial charge on any atom is 0.497 e. The van der Waals surface area contributed by atoms with Crippen LogP contribution in [0.1, 0.15) is 41.5 Å². The van der Waals surface area contributed by atoms with E-state index in [-0.39, 0.29) is 0 Å². The van der Waals surface area contributed by atoms with E-state index in [1.54, 1.807) is 0 Å². The van der Waals surface area contributed by atoms with E-state index in [1.165, 1.54) is 0 Å². The Morgan fingerprint density at radius 2 is 0.667 bits per heavy atom. The molecular weight excluding hydrogens is 396 g/mol. The first-order chi connectivity index (χ1) is 12.4. The maximum absolute atomic E-state index is 5.40. The molecule has 0 unspecified atom stereocenters. The van der Waals surface area contributed by atoms with Gasteiger partial charge >= 0.3 is 17.4 Å². The van der Waals surface area contributed by atoms with Gasteiger partial charge in [-0.05, 0) is 74.3 Å². The fraction of sp³-hybridized carbons (Fsp3) is 1.00. The molecule has 27 heavy (non-hydrogen) atoms. The molecule has 0 N–H and O–H groups in total. The van der Waals surface area contributed by atoms with E-state index in [9.17, 15) is 0 Å². The van der Waals surface area contributed by atoms with Gasteiger partial charge in [-0.2, -0.15) is 0 Å². The zero-order valence-corrected chi connectivity index (χ0v) is 23.2. The standard InChI is InChI=1S/C7H18O3Si.C6H16O2Si.C5H14OSi/c1-5-8-11(4,9-6-2)10-7-3;1-5-7-9(3,4)8-6-2;1-5-6-7(2,3)4/h5-7H2,1-4H3;5-6H2,1-4H3;5H2,1-4H3. The Morgan fingerprint density at radius 3 is 0.815 bits per heavy atom. The van der Waals surface area contributed by atoms with Crippen LogP contribution in [0.15, 0.2) is 0 Å². The highest BCUT2D eigenvalue weighted by atomic mass is 28.4. The first kappa shape index (κ1) is 32.1. The Hall–Kier alpha value is 0.411. The molecule has 0 aliphatic rings. The van der Waals surface area contributed by atoms with Gasteiger partial charge in [0.1, 0.15) is 0 Å². The van der Waals surface area contributed by atoms with Crippen molar-refractivity contribution in [3.05, 3.63) is 0 Å². The van der Waals surface area contributed by atoms with Crippen molar-refractivity contribution in [3.8, 4) is 0 Å². The first-order valence-corrected chi connectivity index (χ1v) is 18.6. The van der Waals surface area contributed by atoms with Crippen molar-refractivity contribution < 1.29 is 26.6 Å². The summed E-state index contributed by atoms with van der Waals surface area (Å²) in [5.74, 6) is 0. The molecule has 0 aromatic carbocycles. The molecule has 0 aliphatic carbocycles. The normalized spacial score (nSPS) is 12.0. The van der Waals surface area contributed by atoms with Crippen molar-refractivity contribution in [2.75, 3.05) is 39.6 Å². The Bertz CT molecular complexity index is 287. The van der Waals surface area contributed by atoms with Gasteiger partial charge in [-0.15, -0.1) is 0 Å². The SMILES string of the molecule is CCO[Si](C)(C)C.CCO[Si](C)(C)OCC.CCO[Si](C)(OCC)OCC. The largest absolute Gasteiger partial charge is 0.497 e. The summed E-state index contributed by atoms with van der Waals surface area (Å²) in [4.78, 5) is 0. The van der Waals surface area contributed by atoms with Gasteiger partial charge in [-0.25, -0.2) is 0 Å². The van der Waals surface area contributed by atoms with E-state index in [1.807, 2.05) is 48.1 Å². The number of rotatable bonds is 12. The minimum Gasteiger partial charge on any atom is -0.418 e. The second kappa shape index (κ2) is 18.4. The van der Waals surface area contributed by atoms with Gasteiger partial charge < -0.3 is 26.6 Å². The molecule has 0 saturated carbocycles. The molecule has 0 radical (unpaired) electrons. The molecule has 6 nitrogen and oxygen atoms in total. The molecule has 0 bridgehead atoms. The Kier molecular flexibility index (Phi) is 21.9. The maximum atomic E-state index is 5.40. The van der Waals surface area contributed by atoms with E-state index in [0.717, 1.165) is 19.8 Å². The molecular formula is C18H48O6Si3. The summed E-state index contributed by atoms with van der Waals surface area (Å²) in [6, 6.07) is 0. The molecule has 0 heterocycles. The monoisotopic (exact) mass is 444 g/mol. The Labute approximate surface area is 173 Å². The van der Waals surface area contributed by atoms with Crippen molar-refractivity contribution >= 4 is 25.7 Å². The third kappa shape index (κ3) is 26.4. The van der Waals surface area contributed by atoms with Crippen molar-refractivity contribution in [2.45, 2.75) is 80.8 Å². The lowest BCUT2D eigenvalue weighted by Gasteiger charge is -2.23. The average Bonchev–Trinajstić information content (AvgIpc) is 2.47. The third-order valence-electron chi connectivity index (χ3n) is 2.78. The summed E-state index contributed by atoms with van der Waals surface area (Å²) >= 11 is 0. The van der Waals surface area contributed by atoms with Crippen LogP contribution in [-0.2, 0) is 26.6 Å². The molecule has 9 heteroatoms. The van der Waals surface area contributed by atoms with Crippen molar-refractivity contribution in [3.63, 3.8) is 0 Å². The second-order valence-electron chi connectivity index (χ2n) is 6.97. The fourth-order valence-corrected chi connectivity index (χ4v) is 6.24. The molecule has 0 aromatic heterocycles. The van der Waals surface area contributed by atoms with Crippen LogP contribution in [0.5, 0.6) is 0 Å². The van der Waals surface area contributed by atoms with Gasteiger partial charge in [0.2, 0.25) is 0 Å². The highest BCUT2D eigenvalue weighted by Gasteiger charge is 2.33. The summed E-state index contributed by atoms with van der Waals surface area (Å²) in [5, 5.41) is 0. The van der Waals surface area contributed by atoms with Gasteiger partial charge in [-0.3, -0.25) is 0 Å². The topological polar surface area (TPSA) is 55.4 Å². The van der Waals surface area contributed by atoms with Crippen LogP contribution in [0.25, 0.3) is 0 Å². The molecule has 0 spiro atoms. The summed E-state index contributed by atoms with van der Waals surface area (Å²) in [7, 11) is -5.11. The van der Waals surface area contributed by atoms with E-state index in [2.05, 4.69) is 32.7 Å². The second-order valence-corrected chi connectivity index (χ2v) is 17.5. The summed E-state index contributed by atoms with van der Waals surface area (Å²) in [5.41, 5.74) is 0. The van der Waals surface area contributed by atoms with Crippen LogP contribution in [0.4, 0.5) is 0 Å². The predicted molar refractivity (Wildman–Crippen MR) is 122 cm³/mol. The molecule has 0 aliphatic heterocycles. The lowest BCUT2D eigenvalue weighted by Crippen LogP contribution is -2.42. The van der Waals surface area contributed by atoms with Crippen molar-refractivity contribution in [1.29, 1.82) is 0 Å². The van der Waals surface area contributed by atoms with Gasteiger partial charge in [0.25, 0.3) is 0 Å². The summed E-state index contributed by atoms with van der Waals surface area (Å²) in [6.07, 6.45) is 0. The van der Waals surface area contributed by atoms with E-state index in [0.29, 0.717) is 19.8 Å². The first-order valence-electron chi connectivity index (χ1n) is 10.2. The average molecular weight is 445 g/mol. The predicted octanol–water partition coefficient (Wildman–Crippen LogP) is 5.28. The highest BCUT2D eigenvalue weighted by Crippen LogP contribution is 2.08. The van der Waals surface area contributed by atoms with E-state index < -0.39 is 25.7 Å². The quantitative estimate of drug-likeness (QED) is 0.381.